The highest BCUT2D eigenvalue weighted by Gasteiger charge is 2.40. The number of benzene rings is 1. The molecule has 3 rings (SSSR count). The maximum Gasteiger partial charge on any atom is 0.242 e. The number of unbranched alkanes of at least 4 members (excludes halogenated alkanes) is 9. The van der Waals surface area contributed by atoms with Gasteiger partial charge in [-0.25, -0.2) is 0 Å². The Morgan fingerprint density at radius 2 is 1.43 bits per heavy atom. The summed E-state index contributed by atoms with van der Waals surface area (Å²) in [6, 6.07) is 10.3. The maximum absolute atomic E-state index is 13.5. The Hall–Kier alpha value is -1.59. The number of likely N-dealkylation sites (tertiary alicyclic amines) is 2. The molecule has 5 nitrogen and oxygen atoms in total. The van der Waals surface area contributed by atoms with Crippen LogP contribution in [0.3, 0.4) is 0 Å². The molecule has 1 aromatic carbocycles. The molecule has 2 amide bonds. The van der Waals surface area contributed by atoms with Gasteiger partial charge in [0, 0.05) is 13.1 Å². The van der Waals surface area contributed by atoms with Gasteiger partial charge in [0.1, 0.15) is 6.04 Å². The Kier molecular flexibility index (Phi) is 15.9. The third kappa shape index (κ3) is 11.0. The second-order valence-corrected chi connectivity index (χ2v) is 10.9. The Labute approximate surface area is 232 Å². The van der Waals surface area contributed by atoms with Crippen LogP contribution in [0.2, 0.25) is 0 Å². The van der Waals surface area contributed by atoms with Gasteiger partial charge < -0.3 is 10.2 Å². The van der Waals surface area contributed by atoms with E-state index in [0.717, 1.165) is 71.1 Å². The minimum absolute atomic E-state index is 0. The number of halogens is 1. The summed E-state index contributed by atoms with van der Waals surface area (Å²) in [5, 5.41) is 3.14. The van der Waals surface area contributed by atoms with Crippen molar-refractivity contribution < 1.29 is 9.59 Å². The van der Waals surface area contributed by atoms with Crippen molar-refractivity contribution >= 4 is 24.2 Å². The van der Waals surface area contributed by atoms with Crippen molar-refractivity contribution in [2.75, 3.05) is 26.2 Å². The van der Waals surface area contributed by atoms with E-state index in [0.29, 0.717) is 0 Å². The summed E-state index contributed by atoms with van der Waals surface area (Å²) in [7, 11) is 0. The van der Waals surface area contributed by atoms with Gasteiger partial charge in [0.15, 0.2) is 0 Å². The largest absolute Gasteiger partial charge is 0.354 e. The predicted octanol–water partition coefficient (Wildman–Crippen LogP) is 6.53. The molecule has 0 spiro atoms. The standard InChI is InChI=1S/C31H51N3O2.ClH/c1-2-3-4-5-6-7-8-9-10-14-23-32-30(35)28-21-17-26-34(28)31(36)29-22-16-25-33(29)24-15-20-27-18-12-11-13-19-27;/h11-13,18-19,28-29H,2-10,14-17,20-26H2,1H3,(H,32,35);1H. The minimum atomic E-state index is -0.271. The van der Waals surface area contributed by atoms with Crippen LogP contribution < -0.4 is 5.32 Å². The molecule has 6 heteroatoms. The molecule has 2 saturated heterocycles. The lowest BCUT2D eigenvalue weighted by atomic mass is 10.1. The number of carbonyl (C=O) groups is 2. The van der Waals surface area contributed by atoms with Crippen molar-refractivity contribution in [3.05, 3.63) is 35.9 Å². The topological polar surface area (TPSA) is 52.7 Å². The number of carbonyl (C=O) groups excluding carboxylic acids is 2. The van der Waals surface area contributed by atoms with E-state index in [-0.39, 0.29) is 36.3 Å². The number of hydrogen-bond donors (Lipinski definition) is 1. The third-order valence-electron chi connectivity index (χ3n) is 8.07. The van der Waals surface area contributed by atoms with E-state index in [2.05, 4.69) is 47.5 Å². The maximum atomic E-state index is 13.5. The Balaban J connectivity index is 0.00000481. The summed E-state index contributed by atoms with van der Waals surface area (Å²) in [6.45, 7) is 5.68. The Bertz CT molecular complexity index is 760. The lowest BCUT2D eigenvalue weighted by Gasteiger charge is -2.31. The van der Waals surface area contributed by atoms with Gasteiger partial charge in [-0.05, 0) is 63.6 Å². The van der Waals surface area contributed by atoms with Crippen molar-refractivity contribution in [1.82, 2.24) is 15.1 Å². The average molecular weight is 534 g/mol. The van der Waals surface area contributed by atoms with E-state index < -0.39 is 0 Å². The Morgan fingerprint density at radius 3 is 2.14 bits per heavy atom. The van der Waals surface area contributed by atoms with Crippen LogP contribution in [0, 0.1) is 0 Å². The van der Waals surface area contributed by atoms with Gasteiger partial charge in [-0.15, -0.1) is 12.4 Å². The van der Waals surface area contributed by atoms with E-state index in [1.807, 2.05) is 4.90 Å². The molecule has 0 saturated carbocycles. The molecule has 0 bridgehead atoms. The molecule has 210 valence electrons. The highest BCUT2D eigenvalue weighted by molar-refractivity contribution is 5.90. The van der Waals surface area contributed by atoms with Gasteiger partial charge >= 0.3 is 0 Å². The molecule has 2 unspecified atom stereocenters. The van der Waals surface area contributed by atoms with E-state index >= 15 is 0 Å². The minimum Gasteiger partial charge on any atom is -0.354 e. The molecule has 0 aliphatic carbocycles. The monoisotopic (exact) mass is 533 g/mol. The zero-order valence-corrected chi connectivity index (χ0v) is 24.1. The quantitative estimate of drug-likeness (QED) is 0.231. The van der Waals surface area contributed by atoms with Crippen molar-refractivity contribution in [2.45, 2.75) is 122 Å². The van der Waals surface area contributed by atoms with Crippen molar-refractivity contribution in [2.24, 2.45) is 0 Å². The fourth-order valence-electron chi connectivity index (χ4n) is 5.94. The van der Waals surface area contributed by atoms with Gasteiger partial charge in [-0.3, -0.25) is 14.5 Å². The SMILES string of the molecule is CCCCCCCCCCCCNC(=O)C1CCCN1C(=O)C1CCCN1CCCc1ccccc1.Cl. The van der Waals surface area contributed by atoms with E-state index in [4.69, 9.17) is 0 Å². The molecule has 37 heavy (non-hydrogen) atoms. The summed E-state index contributed by atoms with van der Waals surface area (Å²) in [6.07, 6.45) is 18.8. The molecule has 1 aromatic rings. The second-order valence-electron chi connectivity index (χ2n) is 10.9. The first kappa shape index (κ1) is 31.6. The van der Waals surface area contributed by atoms with Gasteiger partial charge in [0.05, 0.1) is 6.04 Å². The fourth-order valence-corrected chi connectivity index (χ4v) is 5.94. The summed E-state index contributed by atoms with van der Waals surface area (Å²) in [4.78, 5) is 30.7. The molecule has 2 heterocycles. The number of nitrogens with zero attached hydrogens (tertiary/aromatic N) is 2. The van der Waals surface area contributed by atoms with Crippen LogP contribution in [0.4, 0.5) is 0 Å². The normalized spacial score (nSPS) is 19.6. The van der Waals surface area contributed by atoms with Gasteiger partial charge in [-0.2, -0.15) is 0 Å². The highest BCUT2D eigenvalue weighted by Crippen LogP contribution is 2.25. The van der Waals surface area contributed by atoms with Crippen LogP contribution >= 0.6 is 12.4 Å². The highest BCUT2D eigenvalue weighted by atomic mass is 35.5. The van der Waals surface area contributed by atoms with Crippen LogP contribution in [0.1, 0.15) is 109 Å². The molecule has 0 radical (unpaired) electrons. The lowest BCUT2D eigenvalue weighted by molar-refractivity contribution is -0.142. The number of rotatable bonds is 17. The summed E-state index contributed by atoms with van der Waals surface area (Å²) in [5.41, 5.74) is 1.36. The molecular weight excluding hydrogens is 482 g/mol. The Morgan fingerprint density at radius 1 is 0.811 bits per heavy atom. The number of amides is 2. The summed E-state index contributed by atoms with van der Waals surface area (Å²) < 4.78 is 0. The summed E-state index contributed by atoms with van der Waals surface area (Å²) in [5.74, 6) is 0.245. The number of nitrogens with one attached hydrogen (secondary N) is 1. The third-order valence-corrected chi connectivity index (χ3v) is 8.07. The van der Waals surface area contributed by atoms with E-state index in [1.54, 1.807) is 0 Å². The molecule has 2 atom stereocenters. The number of aryl methyl sites for hydroxylation is 1. The second kappa shape index (κ2) is 18.6. The van der Waals surface area contributed by atoms with Crippen LogP contribution in [0.5, 0.6) is 0 Å². The van der Waals surface area contributed by atoms with Gasteiger partial charge in [-0.1, -0.05) is 95.0 Å². The van der Waals surface area contributed by atoms with Gasteiger partial charge in [0.2, 0.25) is 11.8 Å². The molecule has 1 N–H and O–H groups in total. The van der Waals surface area contributed by atoms with Crippen molar-refractivity contribution in [3.8, 4) is 0 Å². The lowest BCUT2D eigenvalue weighted by Crippen LogP contribution is -2.52. The molecule has 2 aliphatic heterocycles. The molecule has 2 fully saturated rings. The zero-order valence-electron chi connectivity index (χ0n) is 23.3. The average Bonchev–Trinajstić information content (AvgIpc) is 3.58. The summed E-state index contributed by atoms with van der Waals surface area (Å²) >= 11 is 0. The fraction of sp³-hybridized carbons (Fsp3) is 0.742. The molecule has 2 aliphatic rings. The van der Waals surface area contributed by atoms with Crippen LogP contribution in [-0.4, -0.2) is 59.9 Å². The van der Waals surface area contributed by atoms with Crippen molar-refractivity contribution in [1.29, 1.82) is 0 Å². The zero-order chi connectivity index (χ0) is 25.4. The van der Waals surface area contributed by atoms with E-state index in [9.17, 15) is 9.59 Å². The predicted molar refractivity (Wildman–Crippen MR) is 156 cm³/mol. The smallest absolute Gasteiger partial charge is 0.242 e. The van der Waals surface area contributed by atoms with Crippen LogP contribution in [0.15, 0.2) is 30.3 Å². The van der Waals surface area contributed by atoms with Crippen LogP contribution in [0.25, 0.3) is 0 Å². The first-order valence-corrected chi connectivity index (χ1v) is 15.1. The van der Waals surface area contributed by atoms with Crippen molar-refractivity contribution in [3.63, 3.8) is 0 Å². The van der Waals surface area contributed by atoms with E-state index in [1.165, 1.54) is 63.4 Å². The number of hydrogen-bond acceptors (Lipinski definition) is 3. The molecule has 0 aromatic heterocycles. The first-order chi connectivity index (χ1) is 17.7. The molecular formula is C31H52ClN3O2. The van der Waals surface area contributed by atoms with Gasteiger partial charge in [0.25, 0.3) is 0 Å². The van der Waals surface area contributed by atoms with Crippen LogP contribution in [-0.2, 0) is 16.0 Å². The first-order valence-electron chi connectivity index (χ1n) is 15.1.